The highest BCUT2D eigenvalue weighted by molar-refractivity contribution is 6.35. The van der Waals surface area contributed by atoms with Crippen molar-refractivity contribution in [3.63, 3.8) is 0 Å². The van der Waals surface area contributed by atoms with Crippen LogP contribution in [0, 0.1) is 17.7 Å². The summed E-state index contributed by atoms with van der Waals surface area (Å²) in [4.78, 5) is 29.6. The highest BCUT2D eigenvalue weighted by atomic mass is 19.1. The summed E-state index contributed by atoms with van der Waals surface area (Å²) in [6, 6.07) is 5.80. The van der Waals surface area contributed by atoms with Gasteiger partial charge < -0.3 is 9.64 Å². The number of hydrogen-bond donors (Lipinski definition) is 0. The third kappa shape index (κ3) is 4.05. The minimum atomic E-state index is -0.366. The summed E-state index contributed by atoms with van der Waals surface area (Å²) in [5.74, 6) is -0.0301. The molecule has 2 heterocycles. The van der Waals surface area contributed by atoms with Crippen LogP contribution in [0.2, 0.25) is 0 Å². The van der Waals surface area contributed by atoms with Gasteiger partial charge in [-0.05, 0) is 42.4 Å². The van der Waals surface area contributed by atoms with E-state index in [1.54, 1.807) is 19.2 Å². The average molecular weight is 374 g/mol. The van der Waals surface area contributed by atoms with Gasteiger partial charge in [0.05, 0.1) is 5.57 Å². The maximum atomic E-state index is 13.4. The fraction of sp³-hybridized carbons (Fsp3) is 0.524. The number of piperidine rings is 1. The largest absolute Gasteiger partial charge is 0.385 e. The molecular formula is C21H27FN2O3. The van der Waals surface area contributed by atoms with Gasteiger partial charge in [-0.25, -0.2) is 4.39 Å². The van der Waals surface area contributed by atoms with E-state index in [0.717, 1.165) is 19.5 Å². The Bertz CT molecular complexity index is 734. The molecule has 3 rings (SSSR count). The van der Waals surface area contributed by atoms with E-state index >= 15 is 0 Å². The van der Waals surface area contributed by atoms with Gasteiger partial charge in [0.1, 0.15) is 11.5 Å². The Morgan fingerprint density at radius 2 is 1.70 bits per heavy atom. The molecule has 6 heteroatoms. The summed E-state index contributed by atoms with van der Waals surface area (Å²) in [6.45, 7) is 6.62. The number of methoxy groups -OCH3 is 1. The van der Waals surface area contributed by atoms with Crippen molar-refractivity contribution < 1.29 is 18.7 Å². The number of imide groups is 1. The first-order valence-electron chi connectivity index (χ1n) is 9.52. The SMILES string of the molecule is COCCCN1C(=O)C(c2ccc(F)cc2)=C(N2CC(C)CC(C)C2)C1=O. The van der Waals surface area contributed by atoms with Crippen molar-refractivity contribution in [2.75, 3.05) is 33.4 Å². The number of likely N-dealkylation sites (tertiary alicyclic amines) is 1. The van der Waals surface area contributed by atoms with Crippen molar-refractivity contribution >= 4 is 17.4 Å². The van der Waals surface area contributed by atoms with Crippen molar-refractivity contribution in [1.82, 2.24) is 9.80 Å². The lowest BCUT2D eigenvalue weighted by Gasteiger charge is -2.37. The molecule has 1 aromatic rings. The zero-order valence-electron chi connectivity index (χ0n) is 16.2. The second-order valence-electron chi connectivity index (χ2n) is 7.69. The smallest absolute Gasteiger partial charge is 0.277 e. The Kier molecular flexibility index (Phi) is 5.95. The third-order valence-electron chi connectivity index (χ3n) is 5.19. The van der Waals surface area contributed by atoms with Crippen molar-refractivity contribution in [1.29, 1.82) is 0 Å². The molecule has 0 saturated carbocycles. The van der Waals surface area contributed by atoms with Crippen molar-refractivity contribution in [2.45, 2.75) is 26.7 Å². The summed E-state index contributed by atoms with van der Waals surface area (Å²) in [5.41, 5.74) is 1.44. The van der Waals surface area contributed by atoms with Crippen LogP contribution < -0.4 is 0 Å². The van der Waals surface area contributed by atoms with Gasteiger partial charge in [-0.1, -0.05) is 26.0 Å². The van der Waals surface area contributed by atoms with Crippen LogP contribution in [-0.4, -0.2) is 55.0 Å². The topological polar surface area (TPSA) is 49.9 Å². The molecule has 0 aliphatic carbocycles. The Hall–Kier alpha value is -2.21. The predicted octanol–water partition coefficient (Wildman–Crippen LogP) is 2.92. The van der Waals surface area contributed by atoms with Crippen LogP contribution in [0.25, 0.3) is 5.57 Å². The van der Waals surface area contributed by atoms with Crippen LogP contribution in [-0.2, 0) is 14.3 Å². The number of nitrogens with zero attached hydrogens (tertiary/aromatic N) is 2. The second kappa shape index (κ2) is 8.21. The van der Waals surface area contributed by atoms with Crippen molar-refractivity contribution in [3.8, 4) is 0 Å². The van der Waals surface area contributed by atoms with Crippen molar-refractivity contribution in [3.05, 3.63) is 41.3 Å². The lowest BCUT2D eigenvalue weighted by Crippen LogP contribution is -2.42. The lowest BCUT2D eigenvalue weighted by molar-refractivity contribution is -0.137. The number of amides is 2. The Labute approximate surface area is 159 Å². The Morgan fingerprint density at radius 3 is 2.30 bits per heavy atom. The molecule has 2 amide bonds. The summed E-state index contributed by atoms with van der Waals surface area (Å²) in [5, 5.41) is 0. The van der Waals surface area contributed by atoms with Gasteiger partial charge in [-0.3, -0.25) is 14.5 Å². The normalized spacial score (nSPS) is 23.6. The molecule has 0 aromatic heterocycles. The first kappa shape index (κ1) is 19.5. The summed E-state index contributed by atoms with van der Waals surface area (Å²) in [7, 11) is 1.59. The number of carbonyl (C=O) groups excluding carboxylic acids is 2. The van der Waals surface area contributed by atoms with Crippen LogP contribution in [0.1, 0.15) is 32.3 Å². The van der Waals surface area contributed by atoms with E-state index in [9.17, 15) is 14.0 Å². The zero-order valence-corrected chi connectivity index (χ0v) is 16.2. The number of rotatable bonds is 6. The van der Waals surface area contributed by atoms with Gasteiger partial charge in [0.25, 0.3) is 11.8 Å². The number of halogens is 1. The van der Waals surface area contributed by atoms with Gasteiger partial charge in [-0.15, -0.1) is 0 Å². The molecule has 146 valence electrons. The Morgan fingerprint density at radius 1 is 1.07 bits per heavy atom. The molecule has 1 fully saturated rings. The first-order valence-corrected chi connectivity index (χ1v) is 9.52. The second-order valence-corrected chi connectivity index (χ2v) is 7.69. The molecule has 2 aliphatic rings. The Balaban J connectivity index is 1.99. The zero-order chi connectivity index (χ0) is 19.6. The van der Waals surface area contributed by atoms with E-state index in [2.05, 4.69) is 13.8 Å². The van der Waals surface area contributed by atoms with Gasteiger partial charge in [-0.2, -0.15) is 0 Å². The van der Waals surface area contributed by atoms with Crippen LogP contribution in [0.15, 0.2) is 30.0 Å². The lowest BCUT2D eigenvalue weighted by atomic mass is 9.91. The monoisotopic (exact) mass is 374 g/mol. The van der Waals surface area contributed by atoms with Gasteiger partial charge in [0, 0.05) is 33.4 Å². The minimum absolute atomic E-state index is 0.253. The molecule has 2 aliphatic heterocycles. The molecule has 0 radical (unpaired) electrons. The van der Waals surface area contributed by atoms with Crippen LogP contribution in [0.5, 0.6) is 0 Å². The van der Waals surface area contributed by atoms with Crippen LogP contribution >= 0.6 is 0 Å². The van der Waals surface area contributed by atoms with Gasteiger partial charge >= 0.3 is 0 Å². The average Bonchev–Trinajstić information content (AvgIpc) is 2.86. The van der Waals surface area contributed by atoms with E-state index in [0.29, 0.717) is 48.2 Å². The molecule has 1 aromatic carbocycles. The van der Waals surface area contributed by atoms with E-state index in [-0.39, 0.29) is 17.6 Å². The minimum Gasteiger partial charge on any atom is -0.385 e. The molecule has 0 N–H and O–H groups in total. The quantitative estimate of drug-likeness (QED) is 0.568. The summed E-state index contributed by atoms with van der Waals surface area (Å²) < 4.78 is 18.4. The molecule has 2 unspecified atom stereocenters. The number of ether oxygens (including phenoxy) is 1. The standard InChI is InChI=1S/C21H27FN2O3/c1-14-11-15(2)13-23(12-14)19-18(16-5-7-17(22)8-6-16)20(25)24(21(19)26)9-4-10-27-3/h5-8,14-15H,4,9-13H2,1-3H3. The predicted molar refractivity (Wildman–Crippen MR) is 101 cm³/mol. The van der Waals surface area contributed by atoms with E-state index < -0.39 is 0 Å². The molecule has 2 atom stereocenters. The van der Waals surface area contributed by atoms with E-state index in [1.165, 1.54) is 17.0 Å². The molecule has 0 spiro atoms. The fourth-order valence-corrected chi connectivity index (χ4v) is 4.15. The van der Waals surface area contributed by atoms with Crippen molar-refractivity contribution in [2.24, 2.45) is 11.8 Å². The number of carbonyl (C=O) groups is 2. The summed E-state index contributed by atoms with van der Waals surface area (Å²) >= 11 is 0. The third-order valence-corrected chi connectivity index (χ3v) is 5.19. The number of benzene rings is 1. The van der Waals surface area contributed by atoms with Gasteiger partial charge in [0.2, 0.25) is 0 Å². The maximum Gasteiger partial charge on any atom is 0.277 e. The van der Waals surface area contributed by atoms with E-state index in [4.69, 9.17) is 4.74 Å². The number of hydrogen-bond acceptors (Lipinski definition) is 4. The summed E-state index contributed by atoms with van der Waals surface area (Å²) in [6.07, 6.45) is 1.69. The fourth-order valence-electron chi connectivity index (χ4n) is 4.15. The first-order chi connectivity index (χ1) is 12.9. The molecular weight excluding hydrogens is 347 g/mol. The van der Waals surface area contributed by atoms with E-state index in [1.807, 2.05) is 4.90 Å². The van der Waals surface area contributed by atoms with Gasteiger partial charge in [0.15, 0.2) is 0 Å². The maximum absolute atomic E-state index is 13.4. The highest BCUT2D eigenvalue weighted by Crippen LogP contribution is 2.35. The highest BCUT2D eigenvalue weighted by Gasteiger charge is 2.42. The molecule has 1 saturated heterocycles. The van der Waals surface area contributed by atoms with Crippen LogP contribution in [0.4, 0.5) is 4.39 Å². The molecule has 0 bridgehead atoms. The van der Waals surface area contributed by atoms with Crippen LogP contribution in [0.3, 0.4) is 0 Å². The molecule has 5 nitrogen and oxygen atoms in total. The molecule has 27 heavy (non-hydrogen) atoms.